The fourth-order valence-corrected chi connectivity index (χ4v) is 2.44. The van der Waals surface area contributed by atoms with Crippen LogP contribution in [0.4, 0.5) is 17.2 Å². The number of carbonyl (C=O) groups is 1. The Balaban J connectivity index is 1.67. The third-order valence-electron chi connectivity index (χ3n) is 3.78. The van der Waals surface area contributed by atoms with Crippen LogP contribution in [-0.4, -0.2) is 17.5 Å². The zero-order chi connectivity index (χ0) is 18.4. The van der Waals surface area contributed by atoms with Crippen LogP contribution in [0.15, 0.2) is 66.9 Å². The van der Waals surface area contributed by atoms with Gasteiger partial charge in [0.25, 0.3) is 5.91 Å². The summed E-state index contributed by atoms with van der Waals surface area (Å²) in [6.45, 7) is 4.53. The third-order valence-corrected chi connectivity index (χ3v) is 3.78. The summed E-state index contributed by atoms with van der Waals surface area (Å²) in [6.07, 6.45) is 1.62. The van der Waals surface area contributed by atoms with Crippen molar-refractivity contribution >= 4 is 23.1 Å². The standard InChI is InChI=1S/C21H21N3O2/c1-3-26-19-7-5-4-6-18(19)24-20-13-12-17(14-22-20)23-21(25)16-10-8-15(2)9-11-16/h4-14H,3H2,1-2H3,(H,22,24)(H,23,25). The lowest BCUT2D eigenvalue weighted by atomic mass is 10.1. The van der Waals surface area contributed by atoms with Crippen LogP contribution in [0.3, 0.4) is 0 Å². The molecule has 0 unspecified atom stereocenters. The van der Waals surface area contributed by atoms with Crippen LogP contribution in [0.5, 0.6) is 5.75 Å². The summed E-state index contributed by atoms with van der Waals surface area (Å²) in [4.78, 5) is 16.6. The molecule has 1 heterocycles. The van der Waals surface area contributed by atoms with Crippen molar-refractivity contribution < 1.29 is 9.53 Å². The van der Waals surface area contributed by atoms with Crippen molar-refractivity contribution in [3.8, 4) is 5.75 Å². The van der Waals surface area contributed by atoms with Gasteiger partial charge in [0.1, 0.15) is 11.6 Å². The molecule has 5 heteroatoms. The minimum atomic E-state index is -0.158. The topological polar surface area (TPSA) is 63.2 Å². The Morgan fingerprint density at radius 3 is 2.50 bits per heavy atom. The fourth-order valence-electron chi connectivity index (χ4n) is 2.44. The van der Waals surface area contributed by atoms with Gasteiger partial charge in [0.15, 0.2) is 0 Å². The predicted molar refractivity (Wildman–Crippen MR) is 104 cm³/mol. The number of ether oxygens (including phenoxy) is 1. The minimum absolute atomic E-state index is 0.158. The Hall–Kier alpha value is -3.34. The van der Waals surface area contributed by atoms with Crippen molar-refractivity contribution in [1.82, 2.24) is 4.98 Å². The molecule has 5 nitrogen and oxygen atoms in total. The highest BCUT2D eigenvalue weighted by atomic mass is 16.5. The first kappa shape index (κ1) is 17.5. The van der Waals surface area contributed by atoms with Crippen LogP contribution in [0.25, 0.3) is 0 Å². The number of rotatable bonds is 6. The van der Waals surface area contributed by atoms with E-state index in [9.17, 15) is 4.79 Å². The smallest absolute Gasteiger partial charge is 0.255 e. The number of benzene rings is 2. The molecule has 26 heavy (non-hydrogen) atoms. The first-order chi connectivity index (χ1) is 12.7. The molecule has 0 atom stereocenters. The monoisotopic (exact) mass is 347 g/mol. The predicted octanol–water partition coefficient (Wildman–Crippen LogP) is 4.78. The van der Waals surface area contributed by atoms with Crippen molar-refractivity contribution in [2.24, 2.45) is 0 Å². The van der Waals surface area contributed by atoms with Crippen LogP contribution < -0.4 is 15.4 Å². The molecule has 2 N–H and O–H groups in total. The van der Waals surface area contributed by atoms with E-state index in [1.807, 2.05) is 62.4 Å². The maximum atomic E-state index is 12.2. The Labute approximate surface area is 153 Å². The summed E-state index contributed by atoms with van der Waals surface area (Å²) < 4.78 is 5.60. The second-order valence-electron chi connectivity index (χ2n) is 5.81. The molecule has 132 valence electrons. The van der Waals surface area contributed by atoms with E-state index < -0.39 is 0 Å². The fraction of sp³-hybridized carbons (Fsp3) is 0.143. The van der Waals surface area contributed by atoms with Gasteiger partial charge in [0.2, 0.25) is 0 Å². The van der Waals surface area contributed by atoms with Gasteiger partial charge in [-0.2, -0.15) is 0 Å². The summed E-state index contributed by atoms with van der Waals surface area (Å²) in [6, 6.07) is 18.7. The Kier molecular flexibility index (Phi) is 5.49. The van der Waals surface area contributed by atoms with E-state index >= 15 is 0 Å². The van der Waals surface area contributed by atoms with Gasteiger partial charge in [-0.15, -0.1) is 0 Å². The number of hydrogen-bond donors (Lipinski definition) is 2. The molecule has 1 amide bonds. The summed E-state index contributed by atoms with van der Waals surface area (Å²) >= 11 is 0. The van der Waals surface area contributed by atoms with Gasteiger partial charge in [0, 0.05) is 5.56 Å². The number of nitrogens with one attached hydrogen (secondary N) is 2. The minimum Gasteiger partial charge on any atom is -0.492 e. The molecule has 3 rings (SSSR count). The molecule has 0 aliphatic heterocycles. The van der Waals surface area contributed by atoms with E-state index in [4.69, 9.17) is 4.74 Å². The molecule has 0 aliphatic rings. The molecule has 0 aliphatic carbocycles. The van der Waals surface area contributed by atoms with Gasteiger partial charge < -0.3 is 15.4 Å². The number of hydrogen-bond acceptors (Lipinski definition) is 4. The van der Waals surface area contributed by atoms with E-state index in [1.165, 1.54) is 0 Å². The second kappa shape index (κ2) is 8.16. The van der Waals surface area contributed by atoms with Crippen LogP contribution in [0.1, 0.15) is 22.8 Å². The van der Waals surface area contributed by atoms with Gasteiger partial charge in [-0.1, -0.05) is 29.8 Å². The molecule has 3 aromatic rings. The average molecular weight is 347 g/mol. The Morgan fingerprint density at radius 2 is 1.81 bits per heavy atom. The lowest BCUT2D eigenvalue weighted by Gasteiger charge is -2.12. The zero-order valence-corrected chi connectivity index (χ0v) is 14.8. The first-order valence-electron chi connectivity index (χ1n) is 8.48. The van der Waals surface area contributed by atoms with Gasteiger partial charge in [-0.05, 0) is 50.2 Å². The van der Waals surface area contributed by atoms with Gasteiger partial charge >= 0.3 is 0 Å². The third kappa shape index (κ3) is 4.39. The molecule has 0 fully saturated rings. The Morgan fingerprint density at radius 1 is 1.04 bits per heavy atom. The van der Waals surface area contributed by atoms with Gasteiger partial charge in [-0.3, -0.25) is 4.79 Å². The summed E-state index contributed by atoms with van der Waals surface area (Å²) in [7, 11) is 0. The summed E-state index contributed by atoms with van der Waals surface area (Å²) in [5.41, 5.74) is 3.21. The van der Waals surface area contributed by atoms with Crippen molar-refractivity contribution in [2.45, 2.75) is 13.8 Å². The number of aryl methyl sites for hydroxylation is 1. The van der Waals surface area contributed by atoms with Crippen molar-refractivity contribution in [2.75, 3.05) is 17.2 Å². The van der Waals surface area contributed by atoms with Crippen LogP contribution in [-0.2, 0) is 0 Å². The van der Waals surface area contributed by atoms with Crippen molar-refractivity contribution in [3.63, 3.8) is 0 Å². The largest absolute Gasteiger partial charge is 0.492 e. The molecule has 0 radical (unpaired) electrons. The SMILES string of the molecule is CCOc1ccccc1Nc1ccc(NC(=O)c2ccc(C)cc2)cn1. The maximum absolute atomic E-state index is 12.2. The number of aromatic nitrogens is 1. The second-order valence-corrected chi connectivity index (χ2v) is 5.81. The number of amides is 1. The quantitative estimate of drug-likeness (QED) is 0.673. The van der Waals surface area contributed by atoms with E-state index in [2.05, 4.69) is 15.6 Å². The van der Waals surface area contributed by atoms with Crippen molar-refractivity contribution in [1.29, 1.82) is 0 Å². The summed E-state index contributed by atoms with van der Waals surface area (Å²) in [5, 5.41) is 6.07. The van der Waals surface area contributed by atoms with Crippen molar-refractivity contribution in [3.05, 3.63) is 78.0 Å². The lowest BCUT2D eigenvalue weighted by molar-refractivity contribution is 0.102. The highest BCUT2D eigenvalue weighted by Gasteiger charge is 2.07. The number of carbonyl (C=O) groups excluding carboxylic acids is 1. The lowest BCUT2D eigenvalue weighted by Crippen LogP contribution is -2.12. The number of nitrogens with zero attached hydrogens (tertiary/aromatic N) is 1. The molecular weight excluding hydrogens is 326 g/mol. The number of para-hydroxylation sites is 2. The first-order valence-corrected chi connectivity index (χ1v) is 8.48. The Bertz CT molecular complexity index is 875. The molecule has 0 spiro atoms. The zero-order valence-electron chi connectivity index (χ0n) is 14.8. The van der Waals surface area contributed by atoms with Crippen LogP contribution >= 0.6 is 0 Å². The van der Waals surface area contributed by atoms with Gasteiger partial charge in [0.05, 0.1) is 24.2 Å². The maximum Gasteiger partial charge on any atom is 0.255 e. The van der Waals surface area contributed by atoms with Gasteiger partial charge in [-0.25, -0.2) is 4.98 Å². The molecule has 0 saturated heterocycles. The van der Waals surface area contributed by atoms with E-state index in [0.717, 1.165) is 17.0 Å². The van der Waals surface area contributed by atoms with Crippen LogP contribution in [0, 0.1) is 6.92 Å². The number of anilines is 3. The van der Waals surface area contributed by atoms with Crippen LogP contribution in [0.2, 0.25) is 0 Å². The molecular formula is C21H21N3O2. The summed E-state index contributed by atoms with van der Waals surface area (Å²) in [5.74, 6) is 1.29. The highest BCUT2D eigenvalue weighted by molar-refractivity contribution is 6.04. The highest BCUT2D eigenvalue weighted by Crippen LogP contribution is 2.26. The molecule has 0 saturated carbocycles. The number of pyridine rings is 1. The van der Waals surface area contributed by atoms with E-state index in [0.29, 0.717) is 23.7 Å². The van der Waals surface area contributed by atoms with E-state index in [-0.39, 0.29) is 5.91 Å². The van der Waals surface area contributed by atoms with E-state index in [1.54, 1.807) is 18.3 Å². The molecule has 0 bridgehead atoms. The normalized spacial score (nSPS) is 10.2. The molecule has 1 aromatic heterocycles. The average Bonchev–Trinajstić information content (AvgIpc) is 2.65. The molecule has 2 aromatic carbocycles.